The number of anilines is 1. The third-order valence-corrected chi connectivity index (χ3v) is 3.36. The highest BCUT2D eigenvalue weighted by atomic mass is 35.5. The topological polar surface area (TPSA) is 70.6 Å². The zero-order chi connectivity index (χ0) is 15.4. The summed E-state index contributed by atoms with van der Waals surface area (Å²) >= 11 is 6.10. The monoisotopic (exact) mass is 307 g/mol. The smallest absolute Gasteiger partial charge is 0.170 e. The Balaban J connectivity index is 2.13. The van der Waals surface area contributed by atoms with Gasteiger partial charge in [0.25, 0.3) is 0 Å². The molecule has 2 aromatic carbocycles. The van der Waals surface area contributed by atoms with E-state index in [2.05, 4.69) is 10.5 Å². The molecule has 0 aliphatic heterocycles. The molecule has 110 valence electrons. The van der Waals surface area contributed by atoms with E-state index in [9.17, 15) is 4.39 Å². The SMILES string of the molecule is Cc1ccc(NCc2ccc(C(N)=NO)cc2F)c(Cl)c1. The number of aryl methyl sites for hydroxylation is 1. The van der Waals surface area contributed by atoms with Gasteiger partial charge in [-0.15, -0.1) is 0 Å². The van der Waals surface area contributed by atoms with Crippen molar-refractivity contribution in [2.75, 3.05) is 5.32 Å². The molecule has 0 aliphatic carbocycles. The highest BCUT2D eigenvalue weighted by Crippen LogP contribution is 2.23. The van der Waals surface area contributed by atoms with Crippen molar-refractivity contribution in [1.82, 2.24) is 0 Å². The van der Waals surface area contributed by atoms with E-state index in [1.54, 1.807) is 12.1 Å². The molecule has 0 atom stereocenters. The summed E-state index contributed by atoms with van der Waals surface area (Å²) in [7, 11) is 0. The van der Waals surface area contributed by atoms with Crippen molar-refractivity contribution in [3.05, 3.63) is 63.9 Å². The van der Waals surface area contributed by atoms with Crippen molar-refractivity contribution in [1.29, 1.82) is 0 Å². The molecular formula is C15H15ClFN3O. The first kappa shape index (κ1) is 15.1. The van der Waals surface area contributed by atoms with Crippen molar-refractivity contribution >= 4 is 23.1 Å². The molecule has 0 radical (unpaired) electrons. The summed E-state index contributed by atoms with van der Waals surface area (Å²) in [5, 5.41) is 15.1. The molecule has 0 fully saturated rings. The van der Waals surface area contributed by atoms with Crippen molar-refractivity contribution in [3.8, 4) is 0 Å². The number of hydrogen-bond donors (Lipinski definition) is 3. The molecule has 21 heavy (non-hydrogen) atoms. The molecule has 2 rings (SSSR count). The van der Waals surface area contributed by atoms with Crippen LogP contribution in [0.4, 0.5) is 10.1 Å². The van der Waals surface area contributed by atoms with E-state index < -0.39 is 5.82 Å². The second-order valence-electron chi connectivity index (χ2n) is 4.63. The minimum atomic E-state index is -0.435. The molecule has 0 spiro atoms. The lowest BCUT2D eigenvalue weighted by molar-refractivity contribution is 0.318. The Morgan fingerprint density at radius 3 is 2.71 bits per heavy atom. The van der Waals surface area contributed by atoms with Gasteiger partial charge in [0.1, 0.15) is 5.82 Å². The summed E-state index contributed by atoms with van der Waals surface area (Å²) in [5.74, 6) is -0.565. The zero-order valence-corrected chi connectivity index (χ0v) is 12.2. The third kappa shape index (κ3) is 3.64. The van der Waals surface area contributed by atoms with E-state index in [-0.39, 0.29) is 12.4 Å². The zero-order valence-electron chi connectivity index (χ0n) is 11.4. The Morgan fingerprint density at radius 2 is 2.10 bits per heavy atom. The second kappa shape index (κ2) is 6.45. The lowest BCUT2D eigenvalue weighted by Gasteiger charge is -2.10. The van der Waals surface area contributed by atoms with Gasteiger partial charge in [-0.1, -0.05) is 35.0 Å². The van der Waals surface area contributed by atoms with Crippen LogP contribution < -0.4 is 11.1 Å². The van der Waals surface area contributed by atoms with E-state index in [1.807, 2.05) is 25.1 Å². The van der Waals surface area contributed by atoms with Crippen LogP contribution in [0.1, 0.15) is 16.7 Å². The van der Waals surface area contributed by atoms with E-state index in [4.69, 9.17) is 22.5 Å². The maximum Gasteiger partial charge on any atom is 0.170 e. The fourth-order valence-corrected chi connectivity index (χ4v) is 2.16. The summed E-state index contributed by atoms with van der Waals surface area (Å²) in [4.78, 5) is 0. The molecule has 0 amide bonds. The van der Waals surface area contributed by atoms with Crippen LogP contribution >= 0.6 is 11.6 Å². The number of nitrogens with zero attached hydrogens (tertiary/aromatic N) is 1. The molecule has 0 bridgehead atoms. The molecule has 6 heteroatoms. The maximum atomic E-state index is 13.9. The molecule has 0 aromatic heterocycles. The summed E-state index contributed by atoms with van der Waals surface area (Å²) in [6.45, 7) is 2.23. The Morgan fingerprint density at radius 1 is 1.33 bits per heavy atom. The van der Waals surface area contributed by atoms with Crippen molar-refractivity contribution < 1.29 is 9.60 Å². The Labute approximate surface area is 127 Å². The van der Waals surface area contributed by atoms with Crippen LogP contribution in [0, 0.1) is 12.7 Å². The summed E-state index contributed by atoms with van der Waals surface area (Å²) in [6, 6.07) is 10.0. The van der Waals surface area contributed by atoms with Crippen LogP contribution in [-0.4, -0.2) is 11.0 Å². The van der Waals surface area contributed by atoms with Gasteiger partial charge in [0.2, 0.25) is 0 Å². The Bertz CT molecular complexity index is 689. The van der Waals surface area contributed by atoms with E-state index in [0.29, 0.717) is 16.1 Å². The molecule has 0 saturated carbocycles. The molecule has 0 heterocycles. The predicted octanol–water partition coefficient (Wildman–Crippen LogP) is 3.49. The first-order chi connectivity index (χ1) is 10.0. The average Bonchev–Trinajstić information content (AvgIpc) is 2.46. The van der Waals surface area contributed by atoms with Crippen LogP contribution in [0.5, 0.6) is 0 Å². The standard InChI is InChI=1S/C15H15ClFN3O/c1-9-2-5-14(12(16)6-9)19-8-11-4-3-10(7-13(11)17)15(18)20-21/h2-7,19,21H,8H2,1H3,(H2,18,20). The van der Waals surface area contributed by atoms with Crippen molar-refractivity contribution in [2.45, 2.75) is 13.5 Å². The Hall–Kier alpha value is -2.27. The fraction of sp³-hybridized carbons (Fsp3) is 0.133. The molecular weight excluding hydrogens is 293 g/mol. The minimum absolute atomic E-state index is 0.130. The van der Waals surface area contributed by atoms with Gasteiger partial charge < -0.3 is 16.3 Å². The number of amidine groups is 1. The fourth-order valence-electron chi connectivity index (χ4n) is 1.86. The molecule has 4 N–H and O–H groups in total. The van der Waals surface area contributed by atoms with Crippen LogP contribution in [0.25, 0.3) is 0 Å². The van der Waals surface area contributed by atoms with Crippen LogP contribution in [-0.2, 0) is 6.54 Å². The predicted molar refractivity (Wildman–Crippen MR) is 82.4 cm³/mol. The van der Waals surface area contributed by atoms with E-state index in [1.165, 1.54) is 6.07 Å². The molecule has 0 saturated heterocycles. The average molecular weight is 308 g/mol. The molecule has 0 unspecified atom stereocenters. The quantitative estimate of drug-likeness (QED) is 0.350. The first-order valence-corrected chi connectivity index (χ1v) is 6.65. The van der Waals surface area contributed by atoms with E-state index in [0.717, 1.165) is 11.3 Å². The number of halogens is 2. The van der Waals surface area contributed by atoms with Crippen LogP contribution in [0.15, 0.2) is 41.6 Å². The Kier molecular flexibility index (Phi) is 4.65. The number of hydrogen-bond acceptors (Lipinski definition) is 3. The van der Waals surface area contributed by atoms with Crippen LogP contribution in [0.3, 0.4) is 0 Å². The van der Waals surface area contributed by atoms with Gasteiger partial charge in [0.15, 0.2) is 5.84 Å². The van der Waals surface area contributed by atoms with Crippen molar-refractivity contribution in [2.24, 2.45) is 10.9 Å². The van der Waals surface area contributed by atoms with Gasteiger partial charge in [-0.2, -0.15) is 0 Å². The van der Waals surface area contributed by atoms with Gasteiger partial charge >= 0.3 is 0 Å². The highest BCUT2D eigenvalue weighted by molar-refractivity contribution is 6.33. The highest BCUT2D eigenvalue weighted by Gasteiger charge is 2.07. The maximum absolute atomic E-state index is 13.9. The summed E-state index contributed by atoms with van der Waals surface area (Å²) < 4.78 is 13.9. The number of oxime groups is 1. The van der Waals surface area contributed by atoms with Gasteiger partial charge in [-0.25, -0.2) is 4.39 Å². The minimum Gasteiger partial charge on any atom is -0.409 e. The van der Waals surface area contributed by atoms with E-state index >= 15 is 0 Å². The molecule has 0 aliphatic rings. The van der Waals surface area contributed by atoms with Gasteiger partial charge in [-0.05, 0) is 30.7 Å². The third-order valence-electron chi connectivity index (χ3n) is 3.05. The van der Waals surface area contributed by atoms with Gasteiger partial charge in [0.05, 0.1) is 10.7 Å². The normalized spacial score (nSPS) is 11.5. The number of benzene rings is 2. The molecule has 4 nitrogen and oxygen atoms in total. The number of rotatable bonds is 4. The largest absolute Gasteiger partial charge is 0.409 e. The number of nitrogens with one attached hydrogen (secondary N) is 1. The van der Waals surface area contributed by atoms with Gasteiger partial charge in [-0.3, -0.25) is 0 Å². The summed E-state index contributed by atoms with van der Waals surface area (Å²) in [5.41, 5.74) is 7.99. The second-order valence-corrected chi connectivity index (χ2v) is 5.04. The van der Waals surface area contributed by atoms with Crippen LogP contribution in [0.2, 0.25) is 5.02 Å². The van der Waals surface area contributed by atoms with Crippen molar-refractivity contribution in [3.63, 3.8) is 0 Å². The van der Waals surface area contributed by atoms with Gasteiger partial charge in [0, 0.05) is 17.7 Å². The lowest BCUT2D eigenvalue weighted by atomic mass is 10.1. The first-order valence-electron chi connectivity index (χ1n) is 6.27. The number of nitrogens with two attached hydrogens (primary N) is 1. The summed E-state index contributed by atoms with van der Waals surface area (Å²) in [6.07, 6.45) is 0. The molecule has 2 aromatic rings. The lowest BCUT2D eigenvalue weighted by Crippen LogP contribution is -2.14.